The van der Waals surface area contributed by atoms with Crippen LogP contribution in [0.25, 0.3) is 0 Å². The molecular weight excluding hydrogens is 320 g/mol. The number of hydrogen-bond donors (Lipinski definition) is 2. The Bertz CT molecular complexity index is 459. The summed E-state index contributed by atoms with van der Waals surface area (Å²) in [5.41, 5.74) is 2.23. The molecule has 1 fully saturated rings. The number of benzene rings is 1. The lowest BCUT2D eigenvalue weighted by molar-refractivity contribution is -0.120. The molecule has 1 amide bonds. The van der Waals surface area contributed by atoms with Crippen LogP contribution in [0.15, 0.2) is 22.7 Å². The number of rotatable bonds is 5. The van der Waals surface area contributed by atoms with Gasteiger partial charge < -0.3 is 15.4 Å². The highest BCUT2D eigenvalue weighted by Gasteiger charge is 2.15. The number of ether oxygens (including phenoxy) is 1. The molecule has 20 heavy (non-hydrogen) atoms. The van der Waals surface area contributed by atoms with E-state index in [2.05, 4.69) is 39.6 Å². The number of carbonyl (C=O) groups excluding carboxylic acids is 1. The fraction of sp³-hybridized carbons (Fsp3) is 0.533. The second-order valence-electron chi connectivity index (χ2n) is 4.96. The summed E-state index contributed by atoms with van der Waals surface area (Å²) in [6.07, 6.45) is 2.75. The van der Waals surface area contributed by atoms with Crippen LogP contribution in [0, 0.1) is 0 Å². The molecule has 0 bridgehead atoms. The van der Waals surface area contributed by atoms with Crippen molar-refractivity contribution in [3.05, 3.63) is 28.2 Å². The highest BCUT2D eigenvalue weighted by molar-refractivity contribution is 9.10. The standard InChI is InChI=1S/C15H21BrN2O2/c1-2-11-9-12(16)3-4-14(11)17-10-15(19)18-13-5-7-20-8-6-13/h3-4,9,13,17H,2,5-8,10H2,1H3,(H,18,19). The Morgan fingerprint density at radius 1 is 1.40 bits per heavy atom. The Labute approximate surface area is 128 Å². The van der Waals surface area contributed by atoms with Crippen molar-refractivity contribution in [1.29, 1.82) is 0 Å². The molecule has 110 valence electrons. The van der Waals surface area contributed by atoms with E-state index < -0.39 is 0 Å². The van der Waals surface area contributed by atoms with Crippen molar-refractivity contribution < 1.29 is 9.53 Å². The molecular formula is C15H21BrN2O2. The summed E-state index contributed by atoms with van der Waals surface area (Å²) in [4.78, 5) is 11.9. The molecule has 4 nitrogen and oxygen atoms in total. The van der Waals surface area contributed by atoms with Gasteiger partial charge in [-0.3, -0.25) is 4.79 Å². The maximum Gasteiger partial charge on any atom is 0.239 e. The molecule has 2 N–H and O–H groups in total. The Morgan fingerprint density at radius 3 is 2.85 bits per heavy atom. The van der Waals surface area contributed by atoms with Gasteiger partial charge in [0.1, 0.15) is 0 Å². The predicted molar refractivity (Wildman–Crippen MR) is 84.0 cm³/mol. The van der Waals surface area contributed by atoms with Crippen molar-refractivity contribution in [3.8, 4) is 0 Å². The Hall–Kier alpha value is -1.07. The van der Waals surface area contributed by atoms with Crippen molar-refractivity contribution in [2.75, 3.05) is 25.1 Å². The van der Waals surface area contributed by atoms with E-state index in [9.17, 15) is 4.79 Å². The number of amides is 1. The van der Waals surface area contributed by atoms with Crippen LogP contribution < -0.4 is 10.6 Å². The summed E-state index contributed by atoms with van der Waals surface area (Å²) < 4.78 is 6.34. The molecule has 1 aromatic carbocycles. The van der Waals surface area contributed by atoms with Crippen molar-refractivity contribution in [1.82, 2.24) is 5.32 Å². The summed E-state index contributed by atoms with van der Waals surface area (Å²) in [6, 6.07) is 6.33. The first-order chi connectivity index (χ1) is 9.69. The lowest BCUT2D eigenvalue weighted by Gasteiger charge is -2.23. The monoisotopic (exact) mass is 340 g/mol. The Kier molecular flexibility index (Phi) is 5.86. The minimum atomic E-state index is 0.0434. The summed E-state index contributed by atoms with van der Waals surface area (Å²) in [5, 5.41) is 6.26. The van der Waals surface area contributed by atoms with Crippen LogP contribution >= 0.6 is 15.9 Å². The van der Waals surface area contributed by atoms with Crippen LogP contribution in [-0.4, -0.2) is 31.7 Å². The SMILES string of the molecule is CCc1cc(Br)ccc1NCC(=O)NC1CCOCC1. The average Bonchev–Trinajstić information content (AvgIpc) is 2.47. The van der Waals surface area contributed by atoms with Gasteiger partial charge in [-0.05, 0) is 43.0 Å². The quantitative estimate of drug-likeness (QED) is 0.866. The second kappa shape index (κ2) is 7.64. The first-order valence-electron chi connectivity index (χ1n) is 7.08. The number of halogens is 1. The highest BCUT2D eigenvalue weighted by Crippen LogP contribution is 2.21. The topological polar surface area (TPSA) is 50.4 Å². The molecule has 0 unspecified atom stereocenters. The van der Waals surface area contributed by atoms with Crippen molar-refractivity contribution in [3.63, 3.8) is 0 Å². The molecule has 2 rings (SSSR count). The first-order valence-corrected chi connectivity index (χ1v) is 7.87. The van der Waals surface area contributed by atoms with Gasteiger partial charge >= 0.3 is 0 Å². The number of hydrogen-bond acceptors (Lipinski definition) is 3. The van der Waals surface area contributed by atoms with E-state index in [0.29, 0.717) is 6.54 Å². The highest BCUT2D eigenvalue weighted by atomic mass is 79.9. The zero-order chi connectivity index (χ0) is 14.4. The van der Waals surface area contributed by atoms with Gasteiger partial charge in [0.25, 0.3) is 0 Å². The number of aryl methyl sites for hydroxylation is 1. The minimum Gasteiger partial charge on any atom is -0.381 e. The number of anilines is 1. The van der Waals surface area contributed by atoms with E-state index in [1.807, 2.05) is 12.1 Å². The summed E-state index contributed by atoms with van der Waals surface area (Å²) in [7, 11) is 0. The molecule has 1 heterocycles. The fourth-order valence-corrected chi connectivity index (χ4v) is 2.73. The zero-order valence-electron chi connectivity index (χ0n) is 11.7. The Balaban J connectivity index is 1.83. The maximum absolute atomic E-state index is 11.9. The molecule has 1 aliphatic heterocycles. The van der Waals surface area contributed by atoms with Gasteiger partial charge in [-0.1, -0.05) is 22.9 Å². The van der Waals surface area contributed by atoms with E-state index in [-0.39, 0.29) is 11.9 Å². The van der Waals surface area contributed by atoms with Crippen LogP contribution in [-0.2, 0) is 16.0 Å². The van der Waals surface area contributed by atoms with Crippen LogP contribution in [0.2, 0.25) is 0 Å². The maximum atomic E-state index is 11.9. The third-order valence-electron chi connectivity index (χ3n) is 3.47. The molecule has 0 atom stereocenters. The van der Waals surface area contributed by atoms with Gasteiger partial charge in [-0.2, -0.15) is 0 Å². The number of carbonyl (C=O) groups is 1. The third kappa shape index (κ3) is 4.49. The molecule has 5 heteroatoms. The van der Waals surface area contributed by atoms with Crippen LogP contribution in [0.3, 0.4) is 0 Å². The molecule has 0 aliphatic carbocycles. The van der Waals surface area contributed by atoms with E-state index >= 15 is 0 Å². The van der Waals surface area contributed by atoms with E-state index in [1.54, 1.807) is 0 Å². The van der Waals surface area contributed by atoms with Crippen LogP contribution in [0.5, 0.6) is 0 Å². The van der Waals surface area contributed by atoms with Crippen molar-refractivity contribution in [2.45, 2.75) is 32.2 Å². The van der Waals surface area contributed by atoms with Gasteiger partial charge in [0.05, 0.1) is 6.54 Å². The molecule has 0 aromatic heterocycles. The zero-order valence-corrected chi connectivity index (χ0v) is 13.3. The lowest BCUT2D eigenvalue weighted by atomic mass is 10.1. The molecule has 1 aromatic rings. The van der Waals surface area contributed by atoms with E-state index in [4.69, 9.17) is 4.74 Å². The minimum absolute atomic E-state index is 0.0434. The van der Waals surface area contributed by atoms with E-state index in [1.165, 1.54) is 5.56 Å². The lowest BCUT2D eigenvalue weighted by Crippen LogP contribution is -2.41. The van der Waals surface area contributed by atoms with Gasteiger partial charge in [0, 0.05) is 29.4 Å². The summed E-state index contributed by atoms with van der Waals surface area (Å²) in [5.74, 6) is 0.0434. The molecule has 0 radical (unpaired) electrons. The normalized spacial score (nSPS) is 15.9. The summed E-state index contributed by atoms with van der Waals surface area (Å²) in [6.45, 7) is 3.90. The smallest absolute Gasteiger partial charge is 0.239 e. The van der Waals surface area contributed by atoms with Gasteiger partial charge in [-0.15, -0.1) is 0 Å². The Morgan fingerprint density at radius 2 is 2.15 bits per heavy atom. The fourth-order valence-electron chi connectivity index (χ4n) is 2.32. The molecule has 0 saturated carbocycles. The van der Waals surface area contributed by atoms with Crippen molar-refractivity contribution in [2.24, 2.45) is 0 Å². The first kappa shape index (κ1) is 15.3. The average molecular weight is 341 g/mol. The largest absolute Gasteiger partial charge is 0.381 e. The molecule has 1 aliphatic rings. The molecule has 0 spiro atoms. The second-order valence-corrected chi connectivity index (χ2v) is 5.88. The van der Waals surface area contributed by atoms with Crippen LogP contribution in [0.4, 0.5) is 5.69 Å². The number of nitrogens with one attached hydrogen (secondary N) is 2. The molecule has 1 saturated heterocycles. The van der Waals surface area contributed by atoms with Gasteiger partial charge in [-0.25, -0.2) is 0 Å². The van der Waals surface area contributed by atoms with Crippen molar-refractivity contribution >= 4 is 27.5 Å². The van der Waals surface area contributed by atoms with Crippen LogP contribution in [0.1, 0.15) is 25.3 Å². The summed E-state index contributed by atoms with van der Waals surface area (Å²) >= 11 is 3.46. The van der Waals surface area contributed by atoms with E-state index in [0.717, 1.165) is 42.6 Å². The third-order valence-corrected chi connectivity index (χ3v) is 3.97. The van der Waals surface area contributed by atoms with Gasteiger partial charge in [0.2, 0.25) is 5.91 Å². The van der Waals surface area contributed by atoms with Gasteiger partial charge in [0.15, 0.2) is 0 Å². The predicted octanol–water partition coefficient (Wildman–Crippen LogP) is 2.72.